The number of nitrogens with one attached hydrogen (secondary N) is 3. The van der Waals surface area contributed by atoms with Crippen molar-refractivity contribution in [2.24, 2.45) is 5.92 Å². The van der Waals surface area contributed by atoms with Crippen LogP contribution in [0.3, 0.4) is 0 Å². The molecule has 0 aliphatic rings. The van der Waals surface area contributed by atoms with Crippen molar-refractivity contribution in [1.82, 2.24) is 15.5 Å². The maximum Gasteiger partial charge on any atom is 0.261 e. The molecule has 190 valence electrons. The van der Waals surface area contributed by atoms with Gasteiger partial charge >= 0.3 is 0 Å². The van der Waals surface area contributed by atoms with Gasteiger partial charge in [0.15, 0.2) is 5.11 Å². The molecule has 0 saturated heterocycles. The molecule has 0 radical (unpaired) electrons. The minimum atomic E-state index is -0.368. The van der Waals surface area contributed by atoms with Crippen molar-refractivity contribution in [3.05, 3.63) is 58.1 Å². The summed E-state index contributed by atoms with van der Waals surface area (Å²) < 4.78 is 6.59. The molecule has 2 rings (SSSR count). The molecule has 0 aromatic heterocycles. The van der Waals surface area contributed by atoms with Crippen molar-refractivity contribution < 1.29 is 14.3 Å². The van der Waals surface area contributed by atoms with Crippen molar-refractivity contribution in [1.29, 1.82) is 0 Å². The number of halogens is 1. The van der Waals surface area contributed by atoms with Gasteiger partial charge < -0.3 is 20.3 Å². The second kappa shape index (κ2) is 14.8. The van der Waals surface area contributed by atoms with Gasteiger partial charge in [0.05, 0.1) is 12.2 Å². The van der Waals surface area contributed by atoms with E-state index in [9.17, 15) is 9.59 Å². The predicted octanol–water partition coefficient (Wildman–Crippen LogP) is 5.07. The Morgan fingerprint density at radius 2 is 1.74 bits per heavy atom. The quantitative estimate of drug-likeness (QED) is 0.313. The molecule has 2 amide bonds. The summed E-state index contributed by atoms with van der Waals surface area (Å²) in [6.07, 6.45) is 0.890. The fourth-order valence-corrected chi connectivity index (χ4v) is 3.79. The average Bonchev–Trinajstić information content (AvgIpc) is 2.82. The van der Waals surface area contributed by atoms with Crippen LogP contribution < -0.4 is 20.7 Å². The minimum Gasteiger partial charge on any atom is -0.493 e. The van der Waals surface area contributed by atoms with E-state index in [2.05, 4.69) is 64.5 Å². The normalized spacial score (nSPS) is 10.8. The van der Waals surface area contributed by atoms with Gasteiger partial charge in [-0.2, -0.15) is 0 Å². The number of hydrogen-bond acceptors (Lipinski definition) is 5. The van der Waals surface area contributed by atoms with Gasteiger partial charge in [-0.25, -0.2) is 0 Å². The van der Waals surface area contributed by atoms with Crippen LogP contribution in [0.5, 0.6) is 5.75 Å². The third kappa shape index (κ3) is 9.95. The molecule has 3 N–H and O–H groups in total. The van der Waals surface area contributed by atoms with Crippen molar-refractivity contribution in [3.63, 3.8) is 0 Å². The summed E-state index contributed by atoms with van der Waals surface area (Å²) in [6.45, 7) is 12.3. The number of rotatable bonds is 12. The zero-order valence-electron chi connectivity index (χ0n) is 20.8. The number of likely N-dealkylation sites (N-methyl/N-ethyl adjacent to an activating group) is 1. The number of nitrogens with zero attached hydrogens (tertiary/aromatic N) is 1. The highest BCUT2D eigenvalue weighted by molar-refractivity contribution is 9.10. The third-order valence-corrected chi connectivity index (χ3v) is 6.08. The van der Waals surface area contributed by atoms with Gasteiger partial charge in [-0.05, 0) is 80.1 Å². The van der Waals surface area contributed by atoms with Gasteiger partial charge in [0.25, 0.3) is 11.8 Å². The number of hydrogen-bond donors (Lipinski definition) is 3. The molecular weight excluding hydrogens is 528 g/mol. The maximum atomic E-state index is 12.9. The zero-order chi connectivity index (χ0) is 25.8. The fraction of sp³-hybridized carbons (Fsp3) is 0.423. The first-order valence-corrected chi connectivity index (χ1v) is 13.1. The van der Waals surface area contributed by atoms with E-state index in [1.807, 2.05) is 6.07 Å². The van der Waals surface area contributed by atoms with E-state index in [1.54, 1.807) is 36.4 Å². The number of amides is 2. The lowest BCUT2D eigenvalue weighted by Crippen LogP contribution is -2.35. The summed E-state index contributed by atoms with van der Waals surface area (Å²) in [5, 5.41) is 8.76. The van der Waals surface area contributed by atoms with Gasteiger partial charge in [0.2, 0.25) is 0 Å². The van der Waals surface area contributed by atoms with Gasteiger partial charge in [-0.1, -0.05) is 43.6 Å². The highest BCUT2D eigenvalue weighted by atomic mass is 79.9. The SMILES string of the molecule is CCN(CC)CCNC(=O)c1ccc(NC(=S)NC(=O)c2cc(Br)ccc2OCCC(C)C)cc1. The third-order valence-electron chi connectivity index (χ3n) is 5.38. The average molecular weight is 564 g/mol. The van der Waals surface area contributed by atoms with E-state index in [4.69, 9.17) is 17.0 Å². The second-order valence-corrected chi connectivity index (χ2v) is 9.76. The summed E-state index contributed by atoms with van der Waals surface area (Å²) in [5.74, 6) is 0.515. The van der Waals surface area contributed by atoms with Crippen LogP contribution in [-0.2, 0) is 0 Å². The zero-order valence-corrected chi connectivity index (χ0v) is 23.2. The molecule has 0 aliphatic carbocycles. The number of benzene rings is 2. The molecule has 0 heterocycles. The van der Waals surface area contributed by atoms with E-state index in [0.29, 0.717) is 41.6 Å². The Morgan fingerprint density at radius 3 is 2.37 bits per heavy atom. The predicted molar refractivity (Wildman–Crippen MR) is 149 cm³/mol. The molecule has 0 spiro atoms. The smallest absolute Gasteiger partial charge is 0.261 e. The van der Waals surface area contributed by atoms with E-state index < -0.39 is 0 Å². The molecule has 0 aliphatic heterocycles. The highest BCUT2D eigenvalue weighted by Crippen LogP contribution is 2.24. The first-order chi connectivity index (χ1) is 16.7. The molecule has 7 nitrogen and oxygen atoms in total. The molecule has 0 saturated carbocycles. The van der Waals surface area contributed by atoms with Crippen molar-refractivity contribution in [2.45, 2.75) is 34.1 Å². The number of ether oxygens (including phenoxy) is 1. The summed E-state index contributed by atoms with van der Waals surface area (Å²) in [5.41, 5.74) is 1.61. The minimum absolute atomic E-state index is 0.126. The summed E-state index contributed by atoms with van der Waals surface area (Å²) >= 11 is 8.72. The van der Waals surface area contributed by atoms with Crippen molar-refractivity contribution >= 4 is 50.8 Å². The lowest BCUT2D eigenvalue weighted by atomic mass is 10.1. The largest absolute Gasteiger partial charge is 0.493 e. The molecule has 2 aromatic carbocycles. The van der Waals surface area contributed by atoms with Crippen LogP contribution in [0.25, 0.3) is 0 Å². The van der Waals surface area contributed by atoms with Crippen LogP contribution in [0.2, 0.25) is 0 Å². The van der Waals surface area contributed by atoms with Crippen LogP contribution >= 0.6 is 28.1 Å². The monoisotopic (exact) mass is 562 g/mol. The number of anilines is 1. The number of carbonyl (C=O) groups is 2. The van der Waals surface area contributed by atoms with Crippen LogP contribution in [0, 0.1) is 5.92 Å². The molecule has 0 bridgehead atoms. The van der Waals surface area contributed by atoms with Gasteiger partial charge in [-0.15, -0.1) is 0 Å². The Hall–Kier alpha value is -2.49. The topological polar surface area (TPSA) is 82.7 Å². The molecule has 0 atom stereocenters. The Bertz CT molecular complexity index is 995. The van der Waals surface area contributed by atoms with E-state index in [-0.39, 0.29) is 16.9 Å². The lowest BCUT2D eigenvalue weighted by molar-refractivity contribution is 0.0946. The molecular formula is C26H35BrN4O3S. The van der Waals surface area contributed by atoms with Crippen LogP contribution in [0.15, 0.2) is 46.9 Å². The van der Waals surface area contributed by atoms with Crippen molar-refractivity contribution in [3.8, 4) is 5.75 Å². The van der Waals surface area contributed by atoms with Gasteiger partial charge in [-0.3, -0.25) is 14.9 Å². The van der Waals surface area contributed by atoms with E-state index in [0.717, 1.165) is 30.5 Å². The van der Waals surface area contributed by atoms with Crippen molar-refractivity contribution in [2.75, 3.05) is 38.1 Å². The Labute approximate surface area is 222 Å². The maximum absolute atomic E-state index is 12.9. The van der Waals surface area contributed by atoms with Crippen LogP contribution in [0.4, 0.5) is 5.69 Å². The van der Waals surface area contributed by atoms with Gasteiger partial charge in [0.1, 0.15) is 5.75 Å². The Morgan fingerprint density at radius 1 is 1.06 bits per heavy atom. The van der Waals surface area contributed by atoms with Gasteiger partial charge in [0, 0.05) is 28.8 Å². The molecule has 0 fully saturated rings. The highest BCUT2D eigenvalue weighted by Gasteiger charge is 2.15. The fourth-order valence-electron chi connectivity index (χ4n) is 3.22. The second-order valence-electron chi connectivity index (χ2n) is 8.44. The molecule has 35 heavy (non-hydrogen) atoms. The number of carbonyl (C=O) groups excluding carboxylic acids is 2. The van der Waals surface area contributed by atoms with E-state index >= 15 is 0 Å². The standard InChI is InChI=1S/C26H35BrN4O3S/c1-5-31(6-2)15-14-28-24(32)19-7-10-21(11-8-19)29-26(35)30-25(33)22-17-20(27)9-12-23(22)34-16-13-18(3)4/h7-12,17-18H,5-6,13-16H2,1-4H3,(H,28,32)(H2,29,30,33,35). The van der Waals surface area contributed by atoms with Crippen LogP contribution in [-0.4, -0.2) is 54.6 Å². The molecule has 9 heteroatoms. The first-order valence-electron chi connectivity index (χ1n) is 11.9. The summed E-state index contributed by atoms with van der Waals surface area (Å²) in [4.78, 5) is 27.5. The summed E-state index contributed by atoms with van der Waals surface area (Å²) in [6, 6.07) is 12.2. The molecule has 2 aromatic rings. The first kappa shape index (κ1) is 28.7. The molecule has 0 unspecified atom stereocenters. The summed E-state index contributed by atoms with van der Waals surface area (Å²) in [7, 11) is 0. The lowest BCUT2D eigenvalue weighted by Gasteiger charge is -2.18. The number of thiocarbonyl (C=S) groups is 1. The van der Waals surface area contributed by atoms with E-state index in [1.165, 1.54) is 0 Å². The Balaban J connectivity index is 1.91. The van der Waals surface area contributed by atoms with Crippen LogP contribution in [0.1, 0.15) is 54.8 Å². The Kier molecular flexibility index (Phi) is 12.2.